The van der Waals surface area contributed by atoms with Crippen molar-refractivity contribution < 1.29 is 9.84 Å². The molecule has 0 saturated heterocycles. The molecule has 37 heavy (non-hydrogen) atoms. The van der Waals surface area contributed by atoms with Crippen LogP contribution in [-0.2, 0) is 6.42 Å². The summed E-state index contributed by atoms with van der Waals surface area (Å²) in [6.07, 6.45) is 1.61. The normalized spacial score (nSPS) is 11.9. The Morgan fingerprint density at radius 2 is 1.30 bits per heavy atom. The molecule has 0 radical (unpaired) electrons. The van der Waals surface area contributed by atoms with Crippen molar-refractivity contribution >= 4 is 21.5 Å². The van der Waals surface area contributed by atoms with E-state index < -0.39 is 0 Å². The van der Waals surface area contributed by atoms with Gasteiger partial charge in [0.15, 0.2) is 0 Å². The summed E-state index contributed by atoms with van der Waals surface area (Å²) in [6.45, 7) is 17.0. The molecule has 1 N–H and O–H groups in total. The van der Waals surface area contributed by atoms with Crippen LogP contribution < -0.4 is 4.74 Å². The van der Waals surface area contributed by atoms with Gasteiger partial charge in [0.05, 0.1) is 6.61 Å². The lowest BCUT2D eigenvalue weighted by atomic mass is 9.87. The highest BCUT2D eigenvalue weighted by molar-refractivity contribution is 5.93. The summed E-state index contributed by atoms with van der Waals surface area (Å²) in [5, 5.41) is 16.2. The quantitative estimate of drug-likeness (QED) is 0.210. The predicted molar refractivity (Wildman–Crippen MR) is 158 cm³/mol. The van der Waals surface area contributed by atoms with Gasteiger partial charge < -0.3 is 14.7 Å². The summed E-state index contributed by atoms with van der Waals surface area (Å²) in [5.41, 5.74) is 4.40. The monoisotopic (exact) mass is 497 g/mol. The lowest BCUT2D eigenvalue weighted by molar-refractivity contribution is 0.247. The Bertz CT molecular complexity index is 1350. The SMILES string of the molecule is CCN(CC)CCCOc1c(C(C)C)cc2ccccc2c1Cc1c(O)c(C(C)C)cc2ccccc12. The first kappa shape index (κ1) is 27.0. The third kappa shape index (κ3) is 5.78. The molecule has 3 heteroatoms. The van der Waals surface area contributed by atoms with Crippen LogP contribution in [0.2, 0.25) is 0 Å². The predicted octanol–water partition coefficient (Wildman–Crippen LogP) is 8.65. The Balaban J connectivity index is 1.86. The van der Waals surface area contributed by atoms with Crippen LogP contribution in [0.4, 0.5) is 0 Å². The number of fused-ring (bicyclic) bond motifs is 2. The van der Waals surface area contributed by atoms with Gasteiger partial charge in [0.2, 0.25) is 0 Å². The average molecular weight is 498 g/mol. The van der Waals surface area contributed by atoms with Crippen molar-refractivity contribution in [2.75, 3.05) is 26.2 Å². The molecular weight excluding hydrogens is 454 g/mol. The minimum Gasteiger partial charge on any atom is -0.507 e. The van der Waals surface area contributed by atoms with Crippen molar-refractivity contribution in [1.82, 2.24) is 4.90 Å². The molecule has 0 amide bonds. The summed E-state index contributed by atoms with van der Waals surface area (Å²) < 4.78 is 6.67. The van der Waals surface area contributed by atoms with Crippen molar-refractivity contribution in [2.24, 2.45) is 0 Å². The van der Waals surface area contributed by atoms with Gasteiger partial charge in [-0.05, 0) is 76.2 Å². The molecule has 0 aliphatic rings. The third-order valence-corrected chi connectivity index (χ3v) is 7.65. The van der Waals surface area contributed by atoms with Crippen molar-refractivity contribution in [3.8, 4) is 11.5 Å². The van der Waals surface area contributed by atoms with Gasteiger partial charge in [-0.2, -0.15) is 0 Å². The smallest absolute Gasteiger partial charge is 0.126 e. The van der Waals surface area contributed by atoms with E-state index in [4.69, 9.17) is 4.74 Å². The Kier molecular flexibility index (Phi) is 8.76. The van der Waals surface area contributed by atoms with E-state index in [2.05, 4.69) is 107 Å². The van der Waals surface area contributed by atoms with E-state index in [0.717, 1.165) is 48.3 Å². The van der Waals surface area contributed by atoms with Gasteiger partial charge in [0.25, 0.3) is 0 Å². The number of phenolic OH excluding ortho intramolecular Hbond substituents is 1. The van der Waals surface area contributed by atoms with Gasteiger partial charge in [0.1, 0.15) is 11.5 Å². The molecule has 0 saturated carbocycles. The molecule has 0 atom stereocenters. The summed E-state index contributed by atoms with van der Waals surface area (Å²) in [6, 6.07) is 21.5. The molecule has 0 aliphatic carbocycles. The fourth-order valence-corrected chi connectivity index (χ4v) is 5.44. The zero-order chi connectivity index (χ0) is 26.5. The van der Waals surface area contributed by atoms with E-state index in [1.54, 1.807) is 0 Å². The molecular formula is C34H43NO2. The summed E-state index contributed by atoms with van der Waals surface area (Å²) in [7, 11) is 0. The summed E-state index contributed by atoms with van der Waals surface area (Å²) in [5.74, 6) is 1.97. The fraction of sp³-hybridized carbons (Fsp3) is 0.412. The molecule has 0 unspecified atom stereocenters. The lowest BCUT2D eigenvalue weighted by Crippen LogP contribution is -2.25. The Morgan fingerprint density at radius 1 is 0.757 bits per heavy atom. The molecule has 0 heterocycles. The zero-order valence-corrected chi connectivity index (χ0v) is 23.5. The van der Waals surface area contributed by atoms with Gasteiger partial charge in [0, 0.05) is 24.1 Å². The second-order valence-electron chi connectivity index (χ2n) is 10.7. The van der Waals surface area contributed by atoms with Gasteiger partial charge in [-0.3, -0.25) is 0 Å². The Morgan fingerprint density at radius 3 is 1.86 bits per heavy atom. The number of aromatic hydroxyl groups is 1. The molecule has 3 nitrogen and oxygen atoms in total. The van der Waals surface area contributed by atoms with E-state index in [1.165, 1.54) is 27.3 Å². The highest BCUT2D eigenvalue weighted by Crippen LogP contribution is 2.42. The molecule has 4 aromatic carbocycles. The number of rotatable bonds is 11. The van der Waals surface area contributed by atoms with Crippen LogP contribution in [0.25, 0.3) is 21.5 Å². The highest BCUT2D eigenvalue weighted by atomic mass is 16.5. The van der Waals surface area contributed by atoms with E-state index in [9.17, 15) is 5.11 Å². The van der Waals surface area contributed by atoms with Gasteiger partial charge in [-0.1, -0.05) is 90.1 Å². The number of benzene rings is 4. The van der Waals surface area contributed by atoms with E-state index in [-0.39, 0.29) is 5.92 Å². The third-order valence-electron chi connectivity index (χ3n) is 7.65. The van der Waals surface area contributed by atoms with Crippen LogP contribution in [0.15, 0.2) is 60.7 Å². The standard InChI is InChI=1S/C34H43NO2/c1-7-35(8-2)18-13-19-37-34-30(24(5)6)21-26-15-10-12-17-28(26)32(34)22-31-27-16-11-9-14-25(27)20-29(23(3)4)33(31)36/h9-12,14-17,20-21,23-24,36H,7-8,13,18-19,22H2,1-6H3. The Hall–Kier alpha value is -3.04. The largest absolute Gasteiger partial charge is 0.507 e. The van der Waals surface area contributed by atoms with Crippen LogP contribution in [0.3, 0.4) is 0 Å². The molecule has 0 aromatic heterocycles. The van der Waals surface area contributed by atoms with Crippen LogP contribution in [-0.4, -0.2) is 36.2 Å². The Labute approximate surface area is 223 Å². The first-order chi connectivity index (χ1) is 17.8. The minimum absolute atomic E-state index is 0.234. The first-order valence-electron chi connectivity index (χ1n) is 14.0. The molecule has 0 fully saturated rings. The summed E-state index contributed by atoms with van der Waals surface area (Å²) in [4.78, 5) is 2.44. The van der Waals surface area contributed by atoms with E-state index in [0.29, 0.717) is 24.7 Å². The van der Waals surface area contributed by atoms with Crippen LogP contribution >= 0.6 is 0 Å². The minimum atomic E-state index is 0.234. The summed E-state index contributed by atoms with van der Waals surface area (Å²) >= 11 is 0. The maximum atomic E-state index is 11.5. The van der Waals surface area contributed by atoms with Crippen LogP contribution in [0.5, 0.6) is 11.5 Å². The zero-order valence-electron chi connectivity index (χ0n) is 23.5. The van der Waals surface area contributed by atoms with Crippen molar-refractivity contribution in [3.05, 3.63) is 82.9 Å². The molecule has 4 aromatic rings. The number of ether oxygens (including phenoxy) is 1. The lowest BCUT2D eigenvalue weighted by Gasteiger charge is -2.23. The molecule has 196 valence electrons. The maximum Gasteiger partial charge on any atom is 0.126 e. The topological polar surface area (TPSA) is 32.7 Å². The first-order valence-corrected chi connectivity index (χ1v) is 14.0. The average Bonchev–Trinajstić information content (AvgIpc) is 2.90. The molecule has 0 spiro atoms. The number of nitrogens with zero attached hydrogens (tertiary/aromatic N) is 1. The van der Waals surface area contributed by atoms with Gasteiger partial charge in [-0.15, -0.1) is 0 Å². The van der Waals surface area contributed by atoms with Crippen molar-refractivity contribution in [2.45, 2.75) is 66.2 Å². The van der Waals surface area contributed by atoms with E-state index in [1.807, 2.05) is 0 Å². The fourth-order valence-electron chi connectivity index (χ4n) is 5.44. The number of hydrogen-bond donors (Lipinski definition) is 1. The van der Waals surface area contributed by atoms with Crippen LogP contribution in [0, 0.1) is 0 Å². The second-order valence-corrected chi connectivity index (χ2v) is 10.7. The number of phenols is 1. The van der Waals surface area contributed by atoms with Crippen molar-refractivity contribution in [3.63, 3.8) is 0 Å². The molecule has 0 bridgehead atoms. The highest BCUT2D eigenvalue weighted by Gasteiger charge is 2.21. The van der Waals surface area contributed by atoms with Gasteiger partial charge >= 0.3 is 0 Å². The van der Waals surface area contributed by atoms with E-state index >= 15 is 0 Å². The second kappa shape index (κ2) is 12.0. The van der Waals surface area contributed by atoms with Crippen molar-refractivity contribution in [1.29, 1.82) is 0 Å². The molecule has 0 aliphatic heterocycles. The van der Waals surface area contributed by atoms with Gasteiger partial charge in [-0.25, -0.2) is 0 Å². The number of hydrogen-bond acceptors (Lipinski definition) is 3. The maximum absolute atomic E-state index is 11.5. The van der Waals surface area contributed by atoms with Crippen LogP contribution in [0.1, 0.15) is 82.1 Å². The molecule has 4 rings (SSSR count).